The van der Waals surface area contributed by atoms with Crippen LogP contribution >= 0.6 is 11.6 Å². The lowest BCUT2D eigenvalue weighted by Crippen LogP contribution is -2.14. The smallest absolute Gasteiger partial charge is 0.261 e. The van der Waals surface area contributed by atoms with Gasteiger partial charge in [0.1, 0.15) is 5.82 Å². The van der Waals surface area contributed by atoms with Crippen molar-refractivity contribution in [3.63, 3.8) is 0 Å². The number of rotatable bonds is 6. The van der Waals surface area contributed by atoms with Gasteiger partial charge in [0.05, 0.1) is 21.6 Å². The number of nitrogens with zero attached hydrogens (tertiary/aromatic N) is 2. The lowest BCUT2D eigenvalue weighted by atomic mass is 10.1. The zero-order valence-electron chi connectivity index (χ0n) is 15.8. The van der Waals surface area contributed by atoms with Crippen molar-refractivity contribution in [2.24, 2.45) is 7.05 Å². The van der Waals surface area contributed by atoms with Crippen LogP contribution in [0.3, 0.4) is 0 Å². The van der Waals surface area contributed by atoms with Gasteiger partial charge >= 0.3 is 0 Å². The zero-order chi connectivity index (χ0) is 20.4. The molecule has 0 amide bonds. The van der Waals surface area contributed by atoms with Crippen molar-refractivity contribution >= 4 is 38.3 Å². The molecule has 7 heteroatoms. The lowest BCUT2D eigenvalue weighted by Gasteiger charge is -2.13. The SMILES string of the molecule is Cn1c(CCc2ccccc2NS(=O)(=O)c2ccc(Cl)cc2)nc2ccccc21. The summed E-state index contributed by atoms with van der Waals surface area (Å²) in [4.78, 5) is 4.87. The van der Waals surface area contributed by atoms with E-state index in [4.69, 9.17) is 16.6 Å². The minimum Gasteiger partial charge on any atom is -0.331 e. The number of aromatic nitrogens is 2. The molecule has 29 heavy (non-hydrogen) atoms. The molecule has 1 N–H and O–H groups in total. The van der Waals surface area contributed by atoms with Crippen molar-refractivity contribution in [3.8, 4) is 0 Å². The molecule has 1 aromatic heterocycles. The van der Waals surface area contributed by atoms with E-state index in [9.17, 15) is 8.42 Å². The third-order valence-electron chi connectivity index (χ3n) is 4.88. The van der Waals surface area contributed by atoms with Crippen molar-refractivity contribution in [1.82, 2.24) is 9.55 Å². The molecule has 0 aliphatic rings. The molecule has 0 saturated heterocycles. The van der Waals surface area contributed by atoms with E-state index >= 15 is 0 Å². The maximum atomic E-state index is 12.7. The van der Waals surface area contributed by atoms with Crippen LogP contribution in [0.1, 0.15) is 11.4 Å². The van der Waals surface area contributed by atoms with Crippen LogP contribution in [0.2, 0.25) is 5.02 Å². The summed E-state index contributed by atoms with van der Waals surface area (Å²) in [5.41, 5.74) is 3.53. The summed E-state index contributed by atoms with van der Waals surface area (Å²) < 4.78 is 30.3. The number of aryl methyl sites for hydroxylation is 3. The largest absolute Gasteiger partial charge is 0.331 e. The molecule has 0 aliphatic heterocycles. The fourth-order valence-corrected chi connectivity index (χ4v) is 4.55. The fraction of sp³-hybridized carbons (Fsp3) is 0.136. The maximum Gasteiger partial charge on any atom is 0.261 e. The van der Waals surface area contributed by atoms with Gasteiger partial charge in [0.15, 0.2) is 0 Å². The Hall–Kier alpha value is -2.83. The second-order valence-electron chi connectivity index (χ2n) is 6.79. The number of imidazole rings is 1. The van der Waals surface area contributed by atoms with Gasteiger partial charge in [-0.05, 0) is 54.4 Å². The van der Waals surface area contributed by atoms with Gasteiger partial charge in [0.2, 0.25) is 0 Å². The summed E-state index contributed by atoms with van der Waals surface area (Å²) in [5.74, 6) is 0.960. The second-order valence-corrected chi connectivity index (χ2v) is 8.91. The lowest BCUT2D eigenvalue weighted by molar-refractivity contribution is 0.601. The highest BCUT2D eigenvalue weighted by molar-refractivity contribution is 7.92. The maximum absolute atomic E-state index is 12.7. The molecule has 0 atom stereocenters. The van der Waals surface area contributed by atoms with Crippen molar-refractivity contribution in [2.45, 2.75) is 17.7 Å². The highest BCUT2D eigenvalue weighted by Gasteiger charge is 2.16. The Bertz CT molecular complexity index is 1260. The normalized spacial score (nSPS) is 11.7. The van der Waals surface area contributed by atoms with Gasteiger partial charge in [0, 0.05) is 18.5 Å². The number of nitrogens with one attached hydrogen (secondary N) is 1. The molecule has 0 spiro atoms. The quantitative estimate of drug-likeness (QED) is 0.482. The highest BCUT2D eigenvalue weighted by atomic mass is 35.5. The molecule has 4 aromatic rings. The predicted molar refractivity (Wildman–Crippen MR) is 117 cm³/mol. The fourth-order valence-electron chi connectivity index (χ4n) is 3.32. The Labute approximate surface area is 175 Å². The summed E-state index contributed by atoms with van der Waals surface area (Å²) in [6, 6.07) is 21.5. The summed E-state index contributed by atoms with van der Waals surface area (Å²) in [7, 11) is -1.69. The predicted octanol–water partition coefficient (Wildman–Crippen LogP) is 4.81. The summed E-state index contributed by atoms with van der Waals surface area (Å²) in [5, 5.41) is 0.492. The van der Waals surface area contributed by atoms with Gasteiger partial charge in [-0.15, -0.1) is 0 Å². The number of benzene rings is 3. The Balaban J connectivity index is 1.56. The van der Waals surface area contributed by atoms with E-state index in [0.717, 1.165) is 22.4 Å². The topological polar surface area (TPSA) is 64.0 Å². The molecule has 1 heterocycles. The van der Waals surface area contributed by atoms with Gasteiger partial charge in [-0.1, -0.05) is 41.9 Å². The van der Waals surface area contributed by atoms with Gasteiger partial charge in [-0.25, -0.2) is 13.4 Å². The summed E-state index contributed by atoms with van der Waals surface area (Å²) in [6.45, 7) is 0. The third-order valence-corrected chi connectivity index (χ3v) is 6.52. The van der Waals surface area contributed by atoms with Crippen LogP contribution in [-0.2, 0) is 29.9 Å². The van der Waals surface area contributed by atoms with Crippen LogP contribution in [0.4, 0.5) is 5.69 Å². The number of anilines is 1. The number of sulfonamides is 1. The molecule has 5 nitrogen and oxygen atoms in total. The van der Waals surface area contributed by atoms with Gasteiger partial charge in [0.25, 0.3) is 10.0 Å². The van der Waals surface area contributed by atoms with Crippen molar-refractivity contribution in [3.05, 3.63) is 89.2 Å². The molecule has 0 unspecified atom stereocenters. The first kappa shape index (κ1) is 19.5. The van der Waals surface area contributed by atoms with Crippen LogP contribution in [0, 0.1) is 0 Å². The molecule has 0 fully saturated rings. The average Bonchev–Trinajstić information content (AvgIpc) is 3.03. The number of halogens is 1. The Morgan fingerprint density at radius 1 is 0.931 bits per heavy atom. The van der Waals surface area contributed by atoms with Crippen LogP contribution in [0.15, 0.2) is 77.7 Å². The monoisotopic (exact) mass is 425 g/mol. The number of para-hydroxylation sites is 3. The van der Waals surface area contributed by atoms with E-state index in [1.807, 2.05) is 49.5 Å². The first-order valence-electron chi connectivity index (χ1n) is 9.21. The summed E-state index contributed by atoms with van der Waals surface area (Å²) in [6.07, 6.45) is 1.36. The number of hydrogen-bond donors (Lipinski definition) is 1. The minimum absolute atomic E-state index is 0.173. The van der Waals surface area contributed by atoms with E-state index in [1.165, 1.54) is 12.1 Å². The molecule has 4 rings (SSSR count). The van der Waals surface area contributed by atoms with Crippen molar-refractivity contribution in [1.29, 1.82) is 0 Å². The number of fused-ring (bicyclic) bond motifs is 1. The van der Waals surface area contributed by atoms with E-state index in [1.54, 1.807) is 18.2 Å². The Morgan fingerprint density at radius 3 is 2.38 bits per heavy atom. The van der Waals surface area contributed by atoms with Crippen molar-refractivity contribution in [2.75, 3.05) is 4.72 Å². The van der Waals surface area contributed by atoms with E-state index in [2.05, 4.69) is 9.29 Å². The molecule has 148 valence electrons. The van der Waals surface area contributed by atoms with Crippen LogP contribution in [0.25, 0.3) is 11.0 Å². The molecule has 0 aliphatic carbocycles. The highest BCUT2D eigenvalue weighted by Crippen LogP contribution is 2.23. The van der Waals surface area contributed by atoms with Gasteiger partial charge in [-0.2, -0.15) is 0 Å². The molecular weight excluding hydrogens is 406 g/mol. The van der Waals surface area contributed by atoms with E-state index in [-0.39, 0.29) is 4.90 Å². The molecule has 0 radical (unpaired) electrons. The summed E-state index contributed by atoms with van der Waals surface area (Å²) >= 11 is 5.87. The molecule has 0 saturated carbocycles. The molecule has 0 bridgehead atoms. The zero-order valence-corrected chi connectivity index (χ0v) is 17.4. The van der Waals surface area contributed by atoms with Crippen LogP contribution in [0.5, 0.6) is 0 Å². The molecule has 3 aromatic carbocycles. The van der Waals surface area contributed by atoms with Gasteiger partial charge in [-0.3, -0.25) is 4.72 Å². The van der Waals surface area contributed by atoms with E-state index < -0.39 is 10.0 Å². The standard InChI is InChI=1S/C22H20ClN3O2S/c1-26-21-9-5-4-8-20(21)24-22(26)15-10-16-6-2-3-7-19(16)25-29(27,28)18-13-11-17(23)12-14-18/h2-9,11-14,25H,10,15H2,1H3. The minimum atomic E-state index is -3.69. The number of hydrogen-bond acceptors (Lipinski definition) is 3. The Kier molecular flexibility index (Phi) is 5.30. The van der Waals surface area contributed by atoms with Crippen molar-refractivity contribution < 1.29 is 8.42 Å². The van der Waals surface area contributed by atoms with Crippen LogP contribution < -0.4 is 4.72 Å². The first-order valence-corrected chi connectivity index (χ1v) is 11.1. The molecular formula is C22H20ClN3O2S. The van der Waals surface area contributed by atoms with Crippen LogP contribution in [-0.4, -0.2) is 18.0 Å². The Morgan fingerprint density at radius 2 is 1.62 bits per heavy atom. The average molecular weight is 426 g/mol. The first-order chi connectivity index (χ1) is 13.9. The van der Waals surface area contributed by atoms with Gasteiger partial charge < -0.3 is 4.57 Å². The third kappa shape index (κ3) is 4.13. The van der Waals surface area contributed by atoms with E-state index in [0.29, 0.717) is 23.6 Å². The second kappa shape index (κ2) is 7.89.